The fourth-order valence-corrected chi connectivity index (χ4v) is 2.52. The molecule has 1 aromatic rings. The summed E-state index contributed by atoms with van der Waals surface area (Å²) in [5.74, 6) is 3.82. The van der Waals surface area contributed by atoms with Crippen molar-refractivity contribution in [1.29, 1.82) is 0 Å². The number of aliphatic imine (C=N–C) groups is 1. The van der Waals surface area contributed by atoms with Crippen LogP contribution in [-0.4, -0.2) is 46.9 Å². The van der Waals surface area contributed by atoms with Crippen LogP contribution in [0.15, 0.2) is 17.1 Å². The summed E-state index contributed by atoms with van der Waals surface area (Å²) in [5, 5.41) is 6.75. The number of nitrogens with zero attached hydrogens (tertiary/aromatic N) is 1. The molecule has 0 radical (unpaired) electrons. The van der Waals surface area contributed by atoms with Crippen LogP contribution >= 0.6 is 24.0 Å². The van der Waals surface area contributed by atoms with Crippen molar-refractivity contribution < 1.29 is 14.2 Å². The first-order valence-corrected chi connectivity index (χ1v) is 7.89. The lowest BCUT2D eigenvalue weighted by Gasteiger charge is -2.16. The van der Waals surface area contributed by atoms with Crippen molar-refractivity contribution >= 4 is 29.9 Å². The van der Waals surface area contributed by atoms with E-state index in [1.165, 1.54) is 6.42 Å². The number of halogens is 1. The Bertz CT molecular complexity index is 541. The van der Waals surface area contributed by atoms with Crippen molar-refractivity contribution in [3.8, 4) is 17.2 Å². The SMILES string of the molecule is CN=C(NCCc1c(OC)cc(OC)cc1OC)NC1CC1C.I. The molecule has 0 saturated heterocycles. The van der Waals surface area contributed by atoms with Gasteiger partial charge < -0.3 is 24.8 Å². The average molecular weight is 449 g/mol. The predicted octanol–water partition coefficient (Wildman–Crippen LogP) is 2.45. The summed E-state index contributed by atoms with van der Waals surface area (Å²) in [7, 11) is 6.72. The maximum absolute atomic E-state index is 5.47. The highest BCUT2D eigenvalue weighted by Gasteiger charge is 2.33. The Morgan fingerprint density at radius 1 is 1.17 bits per heavy atom. The van der Waals surface area contributed by atoms with Gasteiger partial charge in [0, 0.05) is 37.3 Å². The van der Waals surface area contributed by atoms with Crippen LogP contribution in [-0.2, 0) is 6.42 Å². The Kier molecular flexibility index (Phi) is 8.44. The first-order chi connectivity index (χ1) is 11.1. The molecular weight excluding hydrogens is 421 g/mol. The molecule has 0 heterocycles. The minimum Gasteiger partial charge on any atom is -0.496 e. The maximum Gasteiger partial charge on any atom is 0.191 e. The highest BCUT2D eigenvalue weighted by atomic mass is 127. The molecule has 24 heavy (non-hydrogen) atoms. The number of benzene rings is 1. The van der Waals surface area contributed by atoms with Gasteiger partial charge in [-0.2, -0.15) is 0 Å². The van der Waals surface area contributed by atoms with Crippen LogP contribution in [0.1, 0.15) is 18.9 Å². The van der Waals surface area contributed by atoms with E-state index in [0.29, 0.717) is 6.04 Å². The summed E-state index contributed by atoms with van der Waals surface area (Å²) < 4.78 is 16.2. The molecule has 0 bridgehead atoms. The highest BCUT2D eigenvalue weighted by molar-refractivity contribution is 14.0. The van der Waals surface area contributed by atoms with Crippen LogP contribution in [0.2, 0.25) is 0 Å². The van der Waals surface area contributed by atoms with E-state index in [4.69, 9.17) is 14.2 Å². The molecule has 2 N–H and O–H groups in total. The zero-order valence-electron chi connectivity index (χ0n) is 15.0. The number of hydrogen-bond donors (Lipinski definition) is 2. The molecule has 1 aliphatic rings. The van der Waals surface area contributed by atoms with Gasteiger partial charge in [0.25, 0.3) is 0 Å². The van der Waals surface area contributed by atoms with E-state index in [2.05, 4.69) is 22.5 Å². The Morgan fingerprint density at radius 2 is 1.75 bits per heavy atom. The summed E-state index contributed by atoms with van der Waals surface area (Å²) in [4.78, 5) is 4.26. The van der Waals surface area contributed by atoms with Crippen LogP contribution in [0.4, 0.5) is 0 Å². The van der Waals surface area contributed by atoms with E-state index in [1.807, 2.05) is 12.1 Å². The quantitative estimate of drug-likeness (QED) is 0.381. The molecular formula is C17H28IN3O3. The van der Waals surface area contributed by atoms with Crippen molar-refractivity contribution in [1.82, 2.24) is 10.6 Å². The van der Waals surface area contributed by atoms with Gasteiger partial charge in [-0.15, -0.1) is 24.0 Å². The maximum atomic E-state index is 5.47. The largest absolute Gasteiger partial charge is 0.496 e. The number of nitrogens with one attached hydrogen (secondary N) is 2. The fourth-order valence-electron chi connectivity index (χ4n) is 2.52. The summed E-state index contributed by atoms with van der Waals surface area (Å²) in [5.41, 5.74) is 1.01. The van der Waals surface area contributed by atoms with Crippen molar-refractivity contribution in [2.45, 2.75) is 25.8 Å². The molecule has 136 valence electrons. The monoisotopic (exact) mass is 449 g/mol. The van der Waals surface area contributed by atoms with E-state index in [-0.39, 0.29) is 24.0 Å². The number of rotatable bonds is 7. The van der Waals surface area contributed by atoms with Gasteiger partial charge in [-0.05, 0) is 18.8 Å². The average Bonchev–Trinajstić information content (AvgIpc) is 3.28. The van der Waals surface area contributed by atoms with Crippen LogP contribution in [0.25, 0.3) is 0 Å². The highest BCUT2D eigenvalue weighted by Crippen LogP contribution is 2.34. The third-order valence-corrected chi connectivity index (χ3v) is 4.14. The Balaban J connectivity index is 0.00000288. The summed E-state index contributed by atoms with van der Waals surface area (Å²) in [6.07, 6.45) is 1.97. The molecule has 1 fully saturated rings. The number of ether oxygens (including phenoxy) is 3. The number of methoxy groups -OCH3 is 3. The summed E-state index contributed by atoms with van der Waals surface area (Å²) in [6.45, 7) is 2.97. The Hall–Kier alpha value is -1.38. The van der Waals surface area contributed by atoms with Gasteiger partial charge in [0.05, 0.1) is 21.3 Å². The summed E-state index contributed by atoms with van der Waals surface area (Å²) in [6, 6.07) is 4.29. The molecule has 0 aliphatic heterocycles. The van der Waals surface area contributed by atoms with Gasteiger partial charge in [-0.3, -0.25) is 4.99 Å². The van der Waals surface area contributed by atoms with E-state index >= 15 is 0 Å². The lowest BCUT2D eigenvalue weighted by Crippen LogP contribution is -2.40. The second-order valence-corrected chi connectivity index (χ2v) is 5.72. The van der Waals surface area contributed by atoms with Crippen molar-refractivity contribution in [3.63, 3.8) is 0 Å². The third-order valence-electron chi connectivity index (χ3n) is 4.14. The first-order valence-electron chi connectivity index (χ1n) is 7.89. The minimum atomic E-state index is 0. The normalized spacial score (nSPS) is 19.1. The van der Waals surface area contributed by atoms with Crippen LogP contribution in [0.5, 0.6) is 17.2 Å². The van der Waals surface area contributed by atoms with Gasteiger partial charge >= 0.3 is 0 Å². The molecule has 6 nitrogen and oxygen atoms in total. The Morgan fingerprint density at radius 3 is 2.17 bits per heavy atom. The van der Waals surface area contributed by atoms with Gasteiger partial charge in [0.1, 0.15) is 17.2 Å². The standard InChI is InChI=1S/C17H27N3O3.HI/c1-11-8-14(11)20-17(18-2)19-7-6-13-15(22-4)9-12(21-3)10-16(13)23-5;/h9-11,14H,6-8H2,1-5H3,(H2,18,19,20);1H. The zero-order valence-corrected chi connectivity index (χ0v) is 17.3. The van der Waals surface area contributed by atoms with Crippen LogP contribution < -0.4 is 24.8 Å². The zero-order chi connectivity index (χ0) is 16.8. The topological polar surface area (TPSA) is 64.1 Å². The van der Waals surface area contributed by atoms with E-state index in [1.54, 1.807) is 28.4 Å². The molecule has 0 amide bonds. The molecule has 1 saturated carbocycles. The predicted molar refractivity (Wildman–Crippen MR) is 107 cm³/mol. The molecule has 2 rings (SSSR count). The van der Waals surface area contributed by atoms with Crippen molar-refractivity contribution in [2.24, 2.45) is 10.9 Å². The fraction of sp³-hybridized carbons (Fsp3) is 0.588. The summed E-state index contributed by atoms with van der Waals surface area (Å²) >= 11 is 0. The lowest BCUT2D eigenvalue weighted by molar-refractivity contribution is 0.368. The van der Waals surface area contributed by atoms with Crippen LogP contribution in [0.3, 0.4) is 0 Å². The van der Waals surface area contributed by atoms with Gasteiger partial charge in [0.2, 0.25) is 0 Å². The third kappa shape index (κ3) is 5.32. The molecule has 7 heteroatoms. The van der Waals surface area contributed by atoms with Crippen molar-refractivity contribution in [3.05, 3.63) is 17.7 Å². The van der Waals surface area contributed by atoms with Gasteiger partial charge in [-0.1, -0.05) is 6.92 Å². The van der Waals surface area contributed by atoms with E-state index in [9.17, 15) is 0 Å². The van der Waals surface area contributed by atoms with E-state index < -0.39 is 0 Å². The van der Waals surface area contributed by atoms with E-state index in [0.717, 1.165) is 47.7 Å². The number of guanidine groups is 1. The minimum absolute atomic E-state index is 0. The first kappa shape index (κ1) is 20.7. The molecule has 2 atom stereocenters. The van der Waals surface area contributed by atoms with Gasteiger partial charge in [0.15, 0.2) is 5.96 Å². The van der Waals surface area contributed by atoms with Crippen molar-refractivity contribution in [2.75, 3.05) is 34.9 Å². The smallest absolute Gasteiger partial charge is 0.191 e. The molecule has 0 aromatic heterocycles. The Labute approximate surface area is 161 Å². The molecule has 1 aromatic carbocycles. The number of hydrogen-bond acceptors (Lipinski definition) is 4. The second kappa shape index (κ2) is 9.80. The van der Waals surface area contributed by atoms with Gasteiger partial charge in [-0.25, -0.2) is 0 Å². The molecule has 2 unspecified atom stereocenters. The van der Waals surface area contributed by atoms with Crippen LogP contribution in [0, 0.1) is 5.92 Å². The lowest BCUT2D eigenvalue weighted by atomic mass is 10.1. The molecule has 0 spiro atoms. The molecule has 1 aliphatic carbocycles. The second-order valence-electron chi connectivity index (χ2n) is 5.72.